The first kappa shape index (κ1) is 20.7. The molecule has 1 heterocycles. The summed E-state index contributed by atoms with van der Waals surface area (Å²) >= 11 is 0. The van der Waals surface area contributed by atoms with E-state index < -0.39 is 0 Å². The minimum atomic E-state index is -0.0774. The zero-order valence-corrected chi connectivity index (χ0v) is 17.3. The number of para-hydroxylation sites is 1. The normalized spacial score (nSPS) is 9.96. The quantitative estimate of drug-likeness (QED) is 0.759. The fraction of sp³-hybridized carbons (Fsp3) is 0.316. The number of hydrogen-bond donors (Lipinski definition) is 1. The Kier molecular flexibility index (Phi) is 8.44. The molecule has 0 saturated heterocycles. The molecule has 0 spiro atoms. The van der Waals surface area contributed by atoms with Gasteiger partial charge in [-0.2, -0.15) is 4.57 Å². The molecule has 0 aliphatic carbocycles. The van der Waals surface area contributed by atoms with Crippen molar-refractivity contribution in [3.8, 4) is 0 Å². The number of rotatable bonds is 6. The third-order valence-corrected chi connectivity index (χ3v) is 3.79. The Morgan fingerprint density at radius 3 is 2.38 bits per heavy atom. The molecular weight excluding hydrogens is 377 g/mol. The zero-order valence-electron chi connectivity index (χ0n) is 14.5. The van der Waals surface area contributed by atoms with E-state index in [1.54, 1.807) is 4.57 Å². The molecule has 24 heavy (non-hydrogen) atoms. The molecule has 1 radical (unpaired) electrons. The van der Waals surface area contributed by atoms with E-state index >= 15 is 0 Å². The summed E-state index contributed by atoms with van der Waals surface area (Å²) in [6, 6.07) is 9.71. The van der Waals surface area contributed by atoms with Crippen molar-refractivity contribution in [3.63, 3.8) is 0 Å². The van der Waals surface area contributed by atoms with Gasteiger partial charge in [0.05, 0.1) is 0 Å². The fourth-order valence-corrected chi connectivity index (χ4v) is 2.49. The summed E-state index contributed by atoms with van der Waals surface area (Å²) in [6.07, 6.45) is 4.64. The molecule has 123 valence electrons. The van der Waals surface area contributed by atoms with E-state index in [-0.39, 0.29) is 50.9 Å². The number of hydrogen-bond acceptors (Lipinski definition) is 2. The summed E-state index contributed by atoms with van der Waals surface area (Å²) in [5, 5.41) is 2.97. The summed E-state index contributed by atoms with van der Waals surface area (Å²) in [5.41, 5.74) is 3.89. The number of carbonyl (C=O) groups is 2. The molecule has 1 N–H and O–H groups in total. The number of Topliss-reactive ketones (excluding diaryl/α,β-unsaturated/α-hetero) is 1. The van der Waals surface area contributed by atoms with Crippen LogP contribution in [0.5, 0.6) is 0 Å². The summed E-state index contributed by atoms with van der Waals surface area (Å²) in [7, 11) is 0. The van der Waals surface area contributed by atoms with Crippen molar-refractivity contribution in [2.24, 2.45) is 0 Å². The standard InChI is InChI=1S/C19H22N2O2.Y/c1-4-17(22)11-16-9-6-10-21(12-16)13-18(23)20-19-14(2)7-5-8-15(19)3;/h5-10,12H,4,11,13H2,1-3H3;/p+1. The molecule has 0 atom stereocenters. The summed E-state index contributed by atoms with van der Waals surface area (Å²) in [4.78, 5) is 23.8. The van der Waals surface area contributed by atoms with Crippen molar-refractivity contribution in [3.05, 3.63) is 59.4 Å². The number of aryl methyl sites for hydroxylation is 2. The number of nitrogens with one attached hydrogen (secondary N) is 1. The molecule has 0 aliphatic rings. The Morgan fingerprint density at radius 2 is 1.75 bits per heavy atom. The third-order valence-electron chi connectivity index (χ3n) is 3.79. The number of benzene rings is 1. The van der Waals surface area contributed by atoms with Crippen molar-refractivity contribution < 1.29 is 46.9 Å². The molecule has 0 unspecified atom stereocenters. The van der Waals surface area contributed by atoms with Gasteiger partial charge in [-0.05, 0) is 31.0 Å². The van der Waals surface area contributed by atoms with Gasteiger partial charge in [0.25, 0.3) is 5.91 Å². The minimum absolute atomic E-state index is 0. The first-order valence-electron chi connectivity index (χ1n) is 7.85. The van der Waals surface area contributed by atoms with Crippen molar-refractivity contribution >= 4 is 17.4 Å². The van der Waals surface area contributed by atoms with Crippen LogP contribution in [0.3, 0.4) is 0 Å². The maximum absolute atomic E-state index is 12.3. The Labute approximate surface area is 168 Å². The second kappa shape index (κ2) is 9.80. The van der Waals surface area contributed by atoms with Crippen LogP contribution in [0.2, 0.25) is 0 Å². The van der Waals surface area contributed by atoms with Crippen LogP contribution in [-0.2, 0) is 55.3 Å². The van der Waals surface area contributed by atoms with Crippen LogP contribution >= 0.6 is 0 Å². The number of amides is 1. The van der Waals surface area contributed by atoms with Gasteiger partial charge in [0.15, 0.2) is 12.4 Å². The predicted octanol–water partition coefficient (Wildman–Crippen LogP) is 2.75. The zero-order chi connectivity index (χ0) is 16.8. The van der Waals surface area contributed by atoms with E-state index in [4.69, 9.17) is 0 Å². The van der Waals surface area contributed by atoms with Gasteiger partial charge < -0.3 is 5.32 Å². The number of anilines is 1. The first-order valence-corrected chi connectivity index (χ1v) is 7.85. The third kappa shape index (κ3) is 5.92. The van der Waals surface area contributed by atoms with Gasteiger partial charge in [0.1, 0.15) is 5.78 Å². The Bertz CT molecular complexity index is 709. The van der Waals surface area contributed by atoms with Crippen molar-refractivity contribution in [1.82, 2.24) is 0 Å². The molecule has 0 aliphatic heterocycles. The van der Waals surface area contributed by atoms with Gasteiger partial charge in [-0.25, -0.2) is 0 Å². The van der Waals surface area contributed by atoms with Gasteiger partial charge in [-0.1, -0.05) is 25.1 Å². The van der Waals surface area contributed by atoms with Crippen LogP contribution < -0.4 is 9.88 Å². The topological polar surface area (TPSA) is 50.0 Å². The largest absolute Gasteiger partial charge is 0.320 e. The van der Waals surface area contributed by atoms with Crippen LogP contribution in [0.15, 0.2) is 42.7 Å². The summed E-state index contributed by atoms with van der Waals surface area (Å²) < 4.78 is 1.81. The molecule has 2 rings (SSSR count). The fourth-order valence-electron chi connectivity index (χ4n) is 2.49. The Balaban J connectivity index is 0.00000288. The Hall–Kier alpha value is -1.39. The maximum atomic E-state index is 12.3. The number of ketones is 1. The molecule has 0 fully saturated rings. The second-order valence-electron chi connectivity index (χ2n) is 5.77. The molecule has 1 aromatic heterocycles. The SMILES string of the molecule is CCC(=O)Cc1ccc[n+](CC(=O)Nc2c(C)cccc2C)c1.[Y]. The van der Waals surface area contributed by atoms with Gasteiger partial charge in [0, 0.05) is 62.9 Å². The van der Waals surface area contributed by atoms with E-state index in [1.165, 1.54) is 0 Å². The van der Waals surface area contributed by atoms with Crippen LogP contribution in [0.25, 0.3) is 0 Å². The number of aromatic nitrogens is 1. The average molecular weight is 400 g/mol. The number of nitrogens with zero attached hydrogens (tertiary/aromatic N) is 1. The molecule has 1 amide bonds. The molecule has 5 heteroatoms. The van der Waals surface area contributed by atoms with Crippen molar-refractivity contribution in [1.29, 1.82) is 0 Å². The molecular formula is C19H23N2O2Y+. The van der Waals surface area contributed by atoms with Crippen LogP contribution in [0.1, 0.15) is 30.0 Å². The monoisotopic (exact) mass is 400 g/mol. The molecule has 2 aromatic rings. The maximum Gasteiger partial charge on any atom is 0.290 e. The van der Waals surface area contributed by atoms with Crippen molar-refractivity contribution in [2.75, 3.05) is 5.32 Å². The second-order valence-corrected chi connectivity index (χ2v) is 5.77. The van der Waals surface area contributed by atoms with Crippen LogP contribution in [-0.4, -0.2) is 11.7 Å². The van der Waals surface area contributed by atoms with Crippen LogP contribution in [0.4, 0.5) is 5.69 Å². The van der Waals surface area contributed by atoms with Gasteiger partial charge >= 0.3 is 0 Å². The van der Waals surface area contributed by atoms with E-state index in [2.05, 4.69) is 5.32 Å². The molecule has 1 aromatic carbocycles. The van der Waals surface area contributed by atoms with Crippen molar-refractivity contribution in [2.45, 2.75) is 40.2 Å². The number of carbonyl (C=O) groups excluding carboxylic acids is 2. The number of pyridine rings is 1. The Morgan fingerprint density at radius 1 is 1.08 bits per heavy atom. The van der Waals surface area contributed by atoms with E-state index in [0.717, 1.165) is 22.4 Å². The smallest absolute Gasteiger partial charge is 0.290 e. The van der Waals surface area contributed by atoms with Gasteiger partial charge in [-0.3, -0.25) is 9.59 Å². The molecule has 0 bridgehead atoms. The summed E-state index contributed by atoms with van der Waals surface area (Å²) in [5.74, 6) is 0.120. The van der Waals surface area contributed by atoms with Gasteiger partial charge in [0.2, 0.25) is 6.54 Å². The van der Waals surface area contributed by atoms with Crippen LogP contribution in [0, 0.1) is 13.8 Å². The predicted molar refractivity (Wildman–Crippen MR) is 90.2 cm³/mol. The molecule has 4 nitrogen and oxygen atoms in total. The van der Waals surface area contributed by atoms with Gasteiger partial charge in [-0.15, -0.1) is 0 Å². The summed E-state index contributed by atoms with van der Waals surface area (Å²) in [6.45, 7) is 6.04. The molecule has 0 saturated carbocycles. The van der Waals surface area contributed by atoms with E-state index in [9.17, 15) is 9.59 Å². The van der Waals surface area contributed by atoms with E-state index in [1.807, 2.05) is 63.5 Å². The average Bonchev–Trinajstić information content (AvgIpc) is 2.51. The minimum Gasteiger partial charge on any atom is -0.320 e. The van der Waals surface area contributed by atoms with E-state index in [0.29, 0.717) is 12.8 Å². The first-order chi connectivity index (χ1) is 11.0.